The largest absolute Gasteiger partial charge is 0.115 e. The van der Waals surface area contributed by atoms with Gasteiger partial charge in [-0.1, -0.05) is 65.7 Å². The van der Waals surface area contributed by atoms with Crippen LogP contribution >= 0.6 is 0 Å². The van der Waals surface area contributed by atoms with Crippen molar-refractivity contribution in [2.24, 2.45) is 0 Å². The first kappa shape index (κ1) is 23.1. The van der Waals surface area contributed by atoms with Crippen LogP contribution in [-0.2, 0) is 0 Å². The first-order valence-electron chi connectivity index (χ1n) is 5.60. The lowest BCUT2D eigenvalue weighted by Crippen LogP contribution is -1.65. The SMILES string of the molecule is C#CC(/C=C\C)=C/C.CC.CC.CC. The third-order valence-electron chi connectivity index (χ3n) is 0.824. The minimum atomic E-state index is 0.938. The summed E-state index contributed by atoms with van der Waals surface area (Å²) in [5.41, 5.74) is 0.938. The van der Waals surface area contributed by atoms with Gasteiger partial charge >= 0.3 is 0 Å². The monoisotopic (exact) mass is 196 g/mol. The van der Waals surface area contributed by atoms with Crippen molar-refractivity contribution in [2.45, 2.75) is 55.4 Å². The molecule has 0 aliphatic heterocycles. The van der Waals surface area contributed by atoms with E-state index >= 15 is 0 Å². The molecule has 0 aromatic heterocycles. The first-order valence-corrected chi connectivity index (χ1v) is 5.60. The standard InChI is InChI=1S/C8H10.3C2H6/c1-4-7-8(5-2)6-3;3*1-2/h2,4,6-7H,1,3H3;3*1-2H3/b7-4-,8-6-;;;. The Kier molecular flexibility index (Phi) is 66.5. The van der Waals surface area contributed by atoms with Gasteiger partial charge in [0.25, 0.3) is 0 Å². The van der Waals surface area contributed by atoms with Crippen LogP contribution in [-0.4, -0.2) is 0 Å². The number of terminal acetylenes is 1. The number of rotatable bonds is 1. The third kappa shape index (κ3) is 30.5. The van der Waals surface area contributed by atoms with E-state index in [0.29, 0.717) is 0 Å². The number of hydrogen-bond donors (Lipinski definition) is 0. The van der Waals surface area contributed by atoms with Gasteiger partial charge in [0.15, 0.2) is 0 Å². The number of allylic oxidation sites excluding steroid dienone is 4. The molecular formula is C14H28. The van der Waals surface area contributed by atoms with Crippen LogP contribution in [0.15, 0.2) is 23.8 Å². The third-order valence-corrected chi connectivity index (χ3v) is 0.824. The predicted octanol–water partition coefficient (Wildman–Crippen LogP) is 5.22. The molecule has 84 valence electrons. The maximum absolute atomic E-state index is 5.10. The molecule has 0 radical (unpaired) electrons. The average molecular weight is 196 g/mol. The summed E-state index contributed by atoms with van der Waals surface area (Å²) in [7, 11) is 0. The maximum atomic E-state index is 5.10. The first-order chi connectivity index (χ1) is 6.85. The van der Waals surface area contributed by atoms with Crippen molar-refractivity contribution in [1.82, 2.24) is 0 Å². The summed E-state index contributed by atoms with van der Waals surface area (Å²) in [5, 5.41) is 0. The molecule has 0 nitrogen and oxygen atoms in total. The summed E-state index contributed by atoms with van der Waals surface area (Å²) in [6, 6.07) is 0. The van der Waals surface area contributed by atoms with E-state index in [1.165, 1.54) is 0 Å². The molecule has 0 saturated heterocycles. The quantitative estimate of drug-likeness (QED) is 0.398. The van der Waals surface area contributed by atoms with Crippen molar-refractivity contribution in [1.29, 1.82) is 0 Å². The molecule has 0 saturated carbocycles. The molecule has 0 aromatic carbocycles. The summed E-state index contributed by atoms with van der Waals surface area (Å²) in [6.45, 7) is 15.9. The van der Waals surface area contributed by atoms with Gasteiger partial charge in [0.1, 0.15) is 0 Å². The van der Waals surface area contributed by atoms with Gasteiger partial charge in [-0.15, -0.1) is 6.42 Å². The molecule has 0 unspecified atom stereocenters. The molecule has 0 aromatic rings. The van der Waals surface area contributed by atoms with Gasteiger partial charge in [0.05, 0.1) is 0 Å². The molecule has 0 heteroatoms. The van der Waals surface area contributed by atoms with Crippen molar-refractivity contribution in [3.05, 3.63) is 23.8 Å². The van der Waals surface area contributed by atoms with Crippen LogP contribution in [0.2, 0.25) is 0 Å². The highest BCUT2D eigenvalue weighted by molar-refractivity contribution is 5.34. The Morgan fingerprint density at radius 3 is 1.36 bits per heavy atom. The Labute approximate surface area is 92.1 Å². The molecule has 0 amide bonds. The van der Waals surface area contributed by atoms with Crippen molar-refractivity contribution in [3.8, 4) is 12.3 Å². The Balaban J connectivity index is -0.0000000708. The molecule has 0 rings (SSSR count). The summed E-state index contributed by atoms with van der Waals surface area (Å²) < 4.78 is 0. The van der Waals surface area contributed by atoms with Gasteiger partial charge in [0, 0.05) is 5.57 Å². The topological polar surface area (TPSA) is 0 Å². The van der Waals surface area contributed by atoms with E-state index in [2.05, 4.69) is 5.92 Å². The molecule has 0 heterocycles. The fraction of sp³-hybridized carbons (Fsp3) is 0.571. The van der Waals surface area contributed by atoms with Gasteiger partial charge in [-0.2, -0.15) is 0 Å². The van der Waals surface area contributed by atoms with E-state index in [-0.39, 0.29) is 0 Å². The Morgan fingerprint density at radius 2 is 1.29 bits per heavy atom. The fourth-order valence-electron chi connectivity index (χ4n) is 0.407. The van der Waals surface area contributed by atoms with Crippen LogP contribution < -0.4 is 0 Å². The molecule has 0 atom stereocenters. The molecule has 0 bridgehead atoms. The van der Waals surface area contributed by atoms with Gasteiger partial charge < -0.3 is 0 Å². The predicted molar refractivity (Wildman–Crippen MR) is 71.4 cm³/mol. The molecule has 0 spiro atoms. The molecule has 0 N–H and O–H groups in total. The summed E-state index contributed by atoms with van der Waals surface area (Å²) in [4.78, 5) is 0. The molecule has 14 heavy (non-hydrogen) atoms. The Hall–Kier alpha value is -0.960. The zero-order chi connectivity index (χ0) is 12.4. The van der Waals surface area contributed by atoms with E-state index in [1.54, 1.807) is 0 Å². The maximum Gasteiger partial charge on any atom is 0.0196 e. The lowest BCUT2D eigenvalue weighted by molar-refractivity contribution is 1.50. The highest BCUT2D eigenvalue weighted by Crippen LogP contribution is 1.91. The summed E-state index contributed by atoms with van der Waals surface area (Å²) >= 11 is 0. The zero-order valence-corrected chi connectivity index (χ0v) is 11.3. The summed E-state index contributed by atoms with van der Waals surface area (Å²) in [5.74, 6) is 2.53. The lowest BCUT2D eigenvalue weighted by Gasteiger charge is -1.81. The Bertz CT molecular complexity index is 142. The van der Waals surface area contributed by atoms with E-state index in [4.69, 9.17) is 6.42 Å². The smallest absolute Gasteiger partial charge is 0.0196 e. The van der Waals surface area contributed by atoms with Crippen LogP contribution in [0, 0.1) is 12.3 Å². The van der Waals surface area contributed by atoms with Gasteiger partial charge in [-0.3, -0.25) is 0 Å². The van der Waals surface area contributed by atoms with E-state index in [1.807, 2.05) is 73.6 Å². The highest BCUT2D eigenvalue weighted by Gasteiger charge is 1.75. The van der Waals surface area contributed by atoms with Crippen LogP contribution in [0.5, 0.6) is 0 Å². The minimum absolute atomic E-state index is 0.938. The van der Waals surface area contributed by atoms with Crippen molar-refractivity contribution < 1.29 is 0 Å². The minimum Gasteiger partial charge on any atom is -0.115 e. The van der Waals surface area contributed by atoms with Gasteiger partial charge in [-0.05, 0) is 13.8 Å². The number of hydrogen-bond acceptors (Lipinski definition) is 0. The van der Waals surface area contributed by atoms with E-state index in [9.17, 15) is 0 Å². The second kappa shape index (κ2) is 40.2. The van der Waals surface area contributed by atoms with Crippen LogP contribution in [0.4, 0.5) is 0 Å². The molecule has 0 aliphatic carbocycles. The van der Waals surface area contributed by atoms with Crippen LogP contribution in [0.25, 0.3) is 0 Å². The van der Waals surface area contributed by atoms with Crippen molar-refractivity contribution >= 4 is 0 Å². The lowest BCUT2D eigenvalue weighted by atomic mass is 10.2. The van der Waals surface area contributed by atoms with Crippen molar-refractivity contribution in [2.75, 3.05) is 0 Å². The van der Waals surface area contributed by atoms with E-state index < -0.39 is 0 Å². The van der Waals surface area contributed by atoms with E-state index in [0.717, 1.165) is 5.57 Å². The normalized spacial score (nSPS) is 8.07. The molecule has 0 aliphatic rings. The van der Waals surface area contributed by atoms with Gasteiger partial charge in [-0.25, -0.2) is 0 Å². The van der Waals surface area contributed by atoms with Crippen LogP contribution in [0.1, 0.15) is 55.4 Å². The Morgan fingerprint density at radius 1 is 0.929 bits per heavy atom. The van der Waals surface area contributed by atoms with Crippen LogP contribution in [0.3, 0.4) is 0 Å². The fourth-order valence-corrected chi connectivity index (χ4v) is 0.407. The second-order valence-corrected chi connectivity index (χ2v) is 1.39. The molecule has 0 fully saturated rings. The highest BCUT2D eigenvalue weighted by atomic mass is 13.8. The summed E-state index contributed by atoms with van der Waals surface area (Å²) in [6.07, 6.45) is 10.8. The van der Waals surface area contributed by atoms with Gasteiger partial charge in [0.2, 0.25) is 0 Å². The average Bonchev–Trinajstić information content (AvgIpc) is 2.33. The van der Waals surface area contributed by atoms with Crippen molar-refractivity contribution in [3.63, 3.8) is 0 Å². The molecular weight excluding hydrogens is 168 g/mol. The zero-order valence-electron chi connectivity index (χ0n) is 11.3. The second-order valence-electron chi connectivity index (χ2n) is 1.39.